The molecule has 1 N–H and O–H groups in total. The van der Waals surface area contributed by atoms with E-state index in [0.29, 0.717) is 17.8 Å². The highest BCUT2D eigenvalue weighted by atomic mass is 16.2. The molecule has 0 bridgehead atoms. The van der Waals surface area contributed by atoms with Crippen molar-refractivity contribution in [3.8, 4) is 6.07 Å². The average Bonchev–Trinajstić information content (AvgIpc) is 2.55. The van der Waals surface area contributed by atoms with E-state index in [9.17, 15) is 4.79 Å². The minimum absolute atomic E-state index is 0.0665. The topological polar surface area (TPSA) is 56.1 Å². The van der Waals surface area contributed by atoms with E-state index >= 15 is 0 Å². The molecule has 0 saturated carbocycles. The first-order chi connectivity index (χ1) is 10.6. The minimum atomic E-state index is -0.254. The fourth-order valence-electron chi connectivity index (χ4n) is 2.08. The summed E-state index contributed by atoms with van der Waals surface area (Å²) in [5, 5.41) is 11.6. The maximum Gasteiger partial charge on any atom is 0.241 e. The van der Waals surface area contributed by atoms with Crippen LogP contribution in [0.5, 0.6) is 0 Å². The van der Waals surface area contributed by atoms with E-state index in [2.05, 4.69) is 11.4 Å². The molecule has 0 aliphatic rings. The third-order valence-corrected chi connectivity index (χ3v) is 3.60. The third kappa shape index (κ3) is 4.18. The number of benzene rings is 2. The number of amides is 1. The summed E-state index contributed by atoms with van der Waals surface area (Å²) in [6, 6.07) is 18.7. The number of nitrogens with one attached hydrogen (secondary N) is 1. The van der Waals surface area contributed by atoms with Gasteiger partial charge in [0.15, 0.2) is 0 Å². The molecule has 2 aromatic carbocycles. The van der Waals surface area contributed by atoms with E-state index in [0.717, 1.165) is 0 Å². The number of nitrogens with zero attached hydrogens (tertiary/aromatic N) is 2. The quantitative estimate of drug-likeness (QED) is 0.922. The maximum atomic E-state index is 12.3. The second-order valence-corrected chi connectivity index (χ2v) is 5.26. The molecule has 0 radical (unpaired) electrons. The Balaban J connectivity index is 1.94. The Morgan fingerprint density at radius 3 is 2.41 bits per heavy atom. The van der Waals surface area contributed by atoms with Crippen molar-refractivity contribution in [1.29, 1.82) is 5.26 Å². The highest BCUT2D eigenvalue weighted by Crippen LogP contribution is 2.11. The van der Waals surface area contributed by atoms with Gasteiger partial charge in [0, 0.05) is 12.2 Å². The number of hydrogen-bond donors (Lipinski definition) is 1. The van der Waals surface area contributed by atoms with Gasteiger partial charge in [-0.25, -0.2) is 0 Å². The average molecular weight is 293 g/mol. The number of hydrogen-bond acceptors (Lipinski definition) is 3. The van der Waals surface area contributed by atoms with E-state index in [4.69, 9.17) is 5.26 Å². The van der Waals surface area contributed by atoms with Crippen LogP contribution in [0.4, 0.5) is 5.69 Å². The van der Waals surface area contributed by atoms with Crippen LogP contribution < -0.4 is 5.32 Å². The van der Waals surface area contributed by atoms with E-state index in [1.807, 2.05) is 49.2 Å². The molecule has 0 heterocycles. The van der Waals surface area contributed by atoms with Gasteiger partial charge in [0.05, 0.1) is 17.7 Å². The highest BCUT2D eigenvalue weighted by molar-refractivity contribution is 5.94. The van der Waals surface area contributed by atoms with Crippen LogP contribution in [0, 0.1) is 11.3 Å². The highest BCUT2D eigenvalue weighted by Gasteiger charge is 2.18. The fraction of sp³-hybridized carbons (Fsp3) is 0.222. The van der Waals surface area contributed by atoms with Crippen LogP contribution in [-0.4, -0.2) is 23.9 Å². The molecule has 1 atom stereocenters. The maximum absolute atomic E-state index is 12.3. The third-order valence-electron chi connectivity index (χ3n) is 3.60. The molecule has 1 amide bonds. The predicted molar refractivity (Wildman–Crippen MR) is 87.2 cm³/mol. The number of rotatable bonds is 5. The Kier molecular flexibility index (Phi) is 5.29. The SMILES string of the molecule is CC(C(=O)Nc1ccc(C#N)cc1)N(C)Cc1ccccc1. The van der Waals surface area contributed by atoms with Gasteiger partial charge in [0.1, 0.15) is 0 Å². The molecular weight excluding hydrogens is 274 g/mol. The zero-order valence-corrected chi connectivity index (χ0v) is 12.8. The van der Waals surface area contributed by atoms with Gasteiger partial charge in [-0.15, -0.1) is 0 Å². The molecule has 22 heavy (non-hydrogen) atoms. The van der Waals surface area contributed by atoms with Crippen molar-refractivity contribution in [3.63, 3.8) is 0 Å². The second-order valence-electron chi connectivity index (χ2n) is 5.26. The van der Waals surface area contributed by atoms with Gasteiger partial charge < -0.3 is 5.32 Å². The van der Waals surface area contributed by atoms with Crippen molar-refractivity contribution in [2.45, 2.75) is 19.5 Å². The summed E-state index contributed by atoms with van der Waals surface area (Å²) >= 11 is 0. The van der Waals surface area contributed by atoms with E-state index in [1.165, 1.54) is 5.56 Å². The lowest BCUT2D eigenvalue weighted by atomic mass is 10.2. The van der Waals surface area contributed by atoms with Crippen LogP contribution in [0.25, 0.3) is 0 Å². The number of likely N-dealkylation sites (N-methyl/N-ethyl adjacent to an activating group) is 1. The molecule has 0 aliphatic carbocycles. The van der Waals surface area contributed by atoms with Crippen LogP contribution in [0.2, 0.25) is 0 Å². The second kappa shape index (κ2) is 7.39. The lowest BCUT2D eigenvalue weighted by molar-refractivity contribution is -0.120. The van der Waals surface area contributed by atoms with Crippen molar-refractivity contribution in [3.05, 3.63) is 65.7 Å². The van der Waals surface area contributed by atoms with Gasteiger partial charge in [0.25, 0.3) is 0 Å². The van der Waals surface area contributed by atoms with Crippen LogP contribution >= 0.6 is 0 Å². The van der Waals surface area contributed by atoms with Crippen molar-refractivity contribution in [2.75, 3.05) is 12.4 Å². The number of carbonyl (C=O) groups is 1. The largest absolute Gasteiger partial charge is 0.325 e. The molecule has 112 valence electrons. The summed E-state index contributed by atoms with van der Waals surface area (Å²) in [5.74, 6) is -0.0665. The molecule has 2 aromatic rings. The standard InChI is InChI=1S/C18H19N3O/c1-14(21(2)13-16-6-4-3-5-7-16)18(22)20-17-10-8-15(12-19)9-11-17/h3-11,14H,13H2,1-2H3,(H,20,22). The smallest absolute Gasteiger partial charge is 0.241 e. The van der Waals surface area contributed by atoms with Crippen molar-refractivity contribution in [2.24, 2.45) is 0 Å². The Hall–Kier alpha value is -2.64. The summed E-state index contributed by atoms with van der Waals surface area (Å²) in [6.45, 7) is 2.59. The Labute approximate surface area is 131 Å². The molecule has 2 rings (SSSR count). The van der Waals surface area contributed by atoms with Crippen LogP contribution in [0.1, 0.15) is 18.1 Å². The van der Waals surface area contributed by atoms with E-state index in [-0.39, 0.29) is 11.9 Å². The van der Waals surface area contributed by atoms with Gasteiger partial charge in [-0.3, -0.25) is 9.69 Å². The molecule has 0 aliphatic heterocycles. The van der Waals surface area contributed by atoms with Crippen LogP contribution in [0.15, 0.2) is 54.6 Å². The predicted octanol–water partition coefficient (Wildman–Crippen LogP) is 3.02. The summed E-state index contributed by atoms with van der Waals surface area (Å²) in [5.41, 5.74) is 2.44. The number of anilines is 1. The first-order valence-corrected chi connectivity index (χ1v) is 7.15. The van der Waals surface area contributed by atoms with Crippen molar-refractivity contribution < 1.29 is 4.79 Å². The van der Waals surface area contributed by atoms with Gasteiger partial charge in [-0.2, -0.15) is 5.26 Å². The van der Waals surface area contributed by atoms with Crippen molar-refractivity contribution >= 4 is 11.6 Å². The molecule has 4 nitrogen and oxygen atoms in total. The van der Waals surface area contributed by atoms with Crippen LogP contribution in [-0.2, 0) is 11.3 Å². The molecule has 0 saturated heterocycles. The number of carbonyl (C=O) groups excluding carboxylic acids is 1. The Morgan fingerprint density at radius 1 is 1.18 bits per heavy atom. The molecule has 1 unspecified atom stereocenters. The monoisotopic (exact) mass is 293 g/mol. The summed E-state index contributed by atoms with van der Waals surface area (Å²) in [7, 11) is 1.93. The molecule has 4 heteroatoms. The minimum Gasteiger partial charge on any atom is -0.325 e. The van der Waals surface area contributed by atoms with E-state index < -0.39 is 0 Å². The van der Waals surface area contributed by atoms with Crippen molar-refractivity contribution in [1.82, 2.24) is 4.90 Å². The van der Waals surface area contributed by atoms with E-state index in [1.54, 1.807) is 24.3 Å². The Morgan fingerprint density at radius 2 is 1.82 bits per heavy atom. The first-order valence-electron chi connectivity index (χ1n) is 7.15. The summed E-state index contributed by atoms with van der Waals surface area (Å²) in [6.07, 6.45) is 0. The lowest BCUT2D eigenvalue weighted by Crippen LogP contribution is -2.39. The Bertz CT molecular complexity index is 659. The van der Waals surface area contributed by atoms with Gasteiger partial charge in [0.2, 0.25) is 5.91 Å². The van der Waals surface area contributed by atoms with Gasteiger partial charge in [-0.1, -0.05) is 30.3 Å². The molecular formula is C18H19N3O. The summed E-state index contributed by atoms with van der Waals surface area (Å²) < 4.78 is 0. The normalized spacial score (nSPS) is 11.7. The zero-order chi connectivity index (χ0) is 15.9. The van der Waals surface area contributed by atoms with Gasteiger partial charge in [-0.05, 0) is 43.8 Å². The van der Waals surface area contributed by atoms with Crippen LogP contribution in [0.3, 0.4) is 0 Å². The number of nitriles is 1. The van der Waals surface area contributed by atoms with Gasteiger partial charge >= 0.3 is 0 Å². The molecule has 0 spiro atoms. The summed E-state index contributed by atoms with van der Waals surface area (Å²) in [4.78, 5) is 14.3. The lowest BCUT2D eigenvalue weighted by Gasteiger charge is -2.24. The molecule has 0 aromatic heterocycles. The fourth-order valence-corrected chi connectivity index (χ4v) is 2.08. The first kappa shape index (κ1) is 15.7. The zero-order valence-electron chi connectivity index (χ0n) is 12.8. The molecule has 0 fully saturated rings.